The normalized spacial score (nSPS) is 11.9. The molecule has 0 fully saturated rings. The van der Waals surface area contributed by atoms with Crippen molar-refractivity contribution < 1.29 is 9.59 Å². The number of nitrogens with zero attached hydrogens (tertiary/aromatic N) is 1. The van der Waals surface area contributed by atoms with Gasteiger partial charge in [0, 0.05) is 5.69 Å². The number of benzene rings is 3. The van der Waals surface area contributed by atoms with E-state index in [0.717, 1.165) is 27.9 Å². The first kappa shape index (κ1) is 23.2. The van der Waals surface area contributed by atoms with Gasteiger partial charge in [0.15, 0.2) is 0 Å². The fourth-order valence-corrected chi connectivity index (χ4v) is 3.67. The Morgan fingerprint density at radius 1 is 0.812 bits per heavy atom. The molecule has 3 aromatic rings. The van der Waals surface area contributed by atoms with Gasteiger partial charge in [-0.1, -0.05) is 78.9 Å². The second-order valence-corrected chi connectivity index (χ2v) is 8.17. The van der Waals surface area contributed by atoms with Gasteiger partial charge in [0.1, 0.15) is 0 Å². The Bertz CT molecular complexity index is 991. The summed E-state index contributed by atoms with van der Waals surface area (Å²) in [5.74, 6) is -0.280. The highest BCUT2D eigenvalue weighted by Gasteiger charge is 2.24. The number of para-hydroxylation sites is 1. The Morgan fingerprint density at radius 3 is 1.81 bits per heavy atom. The van der Waals surface area contributed by atoms with Crippen molar-refractivity contribution >= 4 is 17.5 Å². The summed E-state index contributed by atoms with van der Waals surface area (Å²) >= 11 is 0. The van der Waals surface area contributed by atoms with Gasteiger partial charge >= 0.3 is 0 Å². The Morgan fingerprint density at radius 2 is 1.31 bits per heavy atom. The van der Waals surface area contributed by atoms with Crippen molar-refractivity contribution in [2.75, 3.05) is 18.9 Å². The maximum Gasteiger partial charge on any atom is 0.238 e. The van der Waals surface area contributed by atoms with Crippen LogP contribution in [0.25, 0.3) is 0 Å². The molecule has 0 saturated carbocycles. The Kier molecular flexibility index (Phi) is 7.79. The topological polar surface area (TPSA) is 61.4 Å². The zero-order valence-electron chi connectivity index (χ0n) is 19.1. The van der Waals surface area contributed by atoms with Crippen LogP contribution in [0.2, 0.25) is 0 Å². The zero-order chi connectivity index (χ0) is 23.1. The van der Waals surface area contributed by atoms with Crippen LogP contribution in [0.1, 0.15) is 35.2 Å². The number of rotatable bonds is 8. The molecule has 166 valence electrons. The van der Waals surface area contributed by atoms with Crippen LogP contribution in [-0.4, -0.2) is 36.3 Å². The Labute approximate surface area is 190 Å². The zero-order valence-corrected chi connectivity index (χ0v) is 19.1. The van der Waals surface area contributed by atoms with E-state index in [9.17, 15) is 9.59 Å². The minimum Gasteiger partial charge on any atom is -0.344 e. The highest BCUT2D eigenvalue weighted by Crippen LogP contribution is 2.22. The first-order valence-corrected chi connectivity index (χ1v) is 10.8. The summed E-state index contributed by atoms with van der Waals surface area (Å²) in [6.07, 6.45) is 0. The molecule has 2 amide bonds. The van der Waals surface area contributed by atoms with E-state index in [2.05, 4.69) is 10.6 Å². The highest BCUT2D eigenvalue weighted by atomic mass is 16.2. The minimum atomic E-state index is -0.478. The number of aryl methyl sites for hydroxylation is 2. The molecule has 32 heavy (non-hydrogen) atoms. The highest BCUT2D eigenvalue weighted by molar-refractivity contribution is 5.94. The number of anilines is 1. The predicted molar refractivity (Wildman–Crippen MR) is 130 cm³/mol. The van der Waals surface area contributed by atoms with Gasteiger partial charge in [-0.3, -0.25) is 14.5 Å². The lowest BCUT2D eigenvalue weighted by atomic mass is 9.98. The van der Waals surface area contributed by atoms with Gasteiger partial charge in [0.2, 0.25) is 11.8 Å². The molecular formula is C27H31N3O2. The number of likely N-dealkylation sites (N-methyl/N-ethyl adjacent to an activating group) is 1. The molecule has 3 aromatic carbocycles. The minimum absolute atomic E-state index is 0.115. The van der Waals surface area contributed by atoms with Gasteiger partial charge in [0.25, 0.3) is 0 Å². The van der Waals surface area contributed by atoms with Crippen molar-refractivity contribution in [2.24, 2.45) is 0 Å². The second kappa shape index (κ2) is 10.7. The Hall–Kier alpha value is -3.44. The number of carbonyl (C=O) groups excluding carboxylic acids is 2. The molecule has 2 N–H and O–H groups in total. The van der Waals surface area contributed by atoms with E-state index in [1.165, 1.54) is 0 Å². The van der Waals surface area contributed by atoms with Gasteiger partial charge < -0.3 is 10.6 Å². The maximum absolute atomic E-state index is 13.1. The molecule has 3 rings (SSSR count). The Balaban J connectivity index is 1.67. The van der Waals surface area contributed by atoms with Crippen molar-refractivity contribution in [3.8, 4) is 0 Å². The summed E-state index contributed by atoms with van der Waals surface area (Å²) in [7, 11) is 1.79. The summed E-state index contributed by atoms with van der Waals surface area (Å²) in [6, 6.07) is 24.9. The summed E-state index contributed by atoms with van der Waals surface area (Å²) < 4.78 is 0. The molecule has 0 aliphatic rings. The smallest absolute Gasteiger partial charge is 0.238 e. The average Bonchev–Trinajstić information content (AvgIpc) is 2.80. The van der Waals surface area contributed by atoms with Crippen molar-refractivity contribution in [2.45, 2.75) is 32.9 Å². The number of hydrogen-bond acceptors (Lipinski definition) is 3. The van der Waals surface area contributed by atoms with E-state index >= 15 is 0 Å². The number of hydrogen-bond donors (Lipinski definition) is 2. The second-order valence-electron chi connectivity index (χ2n) is 8.17. The van der Waals surface area contributed by atoms with E-state index in [4.69, 9.17) is 0 Å². The van der Waals surface area contributed by atoms with Gasteiger partial charge in [-0.15, -0.1) is 0 Å². The summed E-state index contributed by atoms with van der Waals surface area (Å²) in [5, 5.41) is 6.14. The van der Waals surface area contributed by atoms with Crippen LogP contribution in [0.5, 0.6) is 0 Å². The van der Waals surface area contributed by atoms with Gasteiger partial charge in [-0.2, -0.15) is 0 Å². The lowest BCUT2D eigenvalue weighted by molar-refractivity contribution is -0.127. The molecular weight excluding hydrogens is 398 g/mol. The van der Waals surface area contributed by atoms with Crippen LogP contribution >= 0.6 is 0 Å². The fraction of sp³-hybridized carbons (Fsp3) is 0.259. The van der Waals surface area contributed by atoms with E-state index < -0.39 is 6.04 Å². The fourth-order valence-electron chi connectivity index (χ4n) is 3.67. The summed E-state index contributed by atoms with van der Waals surface area (Å²) in [4.78, 5) is 27.5. The van der Waals surface area contributed by atoms with Crippen LogP contribution in [-0.2, 0) is 9.59 Å². The van der Waals surface area contributed by atoms with Crippen LogP contribution in [0.15, 0.2) is 78.9 Å². The lowest BCUT2D eigenvalue weighted by Crippen LogP contribution is -2.47. The number of nitrogens with one attached hydrogen (secondary N) is 2. The average molecular weight is 430 g/mol. The SMILES string of the molecule is Cc1cccc(C)c1NC(=O)CN(C)C(C)C(=O)NC(c1ccccc1)c1ccccc1. The van der Waals surface area contributed by atoms with Gasteiger partial charge in [-0.25, -0.2) is 0 Å². The van der Waals surface area contributed by atoms with Crippen LogP contribution in [0.3, 0.4) is 0 Å². The standard InChI is InChI=1S/C27H31N3O2/c1-19-12-11-13-20(2)25(19)28-24(31)18-30(4)21(3)27(32)29-26(22-14-7-5-8-15-22)23-16-9-6-10-17-23/h5-17,21,26H,18H2,1-4H3,(H,28,31)(H,29,32). The number of carbonyl (C=O) groups is 2. The van der Waals surface area contributed by atoms with E-state index in [1.54, 1.807) is 11.9 Å². The summed E-state index contributed by atoms with van der Waals surface area (Å²) in [6.45, 7) is 5.86. The predicted octanol–water partition coefficient (Wildman–Crippen LogP) is 4.47. The van der Waals surface area contributed by atoms with Crippen molar-refractivity contribution in [1.29, 1.82) is 0 Å². The molecule has 0 radical (unpaired) electrons. The van der Waals surface area contributed by atoms with Crippen LogP contribution < -0.4 is 10.6 Å². The van der Waals surface area contributed by atoms with Crippen molar-refractivity contribution in [3.63, 3.8) is 0 Å². The molecule has 0 spiro atoms. The molecule has 0 bridgehead atoms. The third-order valence-electron chi connectivity index (χ3n) is 5.73. The quantitative estimate of drug-likeness (QED) is 0.555. The summed E-state index contributed by atoms with van der Waals surface area (Å²) in [5.41, 5.74) is 4.88. The van der Waals surface area contributed by atoms with E-state index in [0.29, 0.717) is 0 Å². The molecule has 0 aliphatic carbocycles. The molecule has 0 saturated heterocycles. The largest absolute Gasteiger partial charge is 0.344 e. The van der Waals surface area contributed by atoms with Gasteiger partial charge in [0.05, 0.1) is 18.6 Å². The molecule has 0 heterocycles. The van der Waals surface area contributed by atoms with Crippen molar-refractivity contribution in [3.05, 3.63) is 101 Å². The molecule has 5 heteroatoms. The van der Waals surface area contributed by atoms with E-state index in [1.807, 2.05) is 99.6 Å². The molecule has 1 unspecified atom stereocenters. The first-order chi connectivity index (χ1) is 15.4. The molecule has 5 nitrogen and oxygen atoms in total. The van der Waals surface area contributed by atoms with Gasteiger partial charge in [-0.05, 0) is 50.1 Å². The third-order valence-corrected chi connectivity index (χ3v) is 5.73. The monoisotopic (exact) mass is 429 g/mol. The first-order valence-electron chi connectivity index (χ1n) is 10.8. The molecule has 0 aliphatic heterocycles. The van der Waals surface area contributed by atoms with Crippen LogP contribution in [0.4, 0.5) is 5.69 Å². The number of amides is 2. The lowest BCUT2D eigenvalue weighted by Gasteiger charge is -2.27. The molecule has 1 atom stereocenters. The maximum atomic E-state index is 13.1. The van der Waals surface area contributed by atoms with E-state index in [-0.39, 0.29) is 24.4 Å². The van der Waals surface area contributed by atoms with Crippen molar-refractivity contribution in [1.82, 2.24) is 10.2 Å². The third kappa shape index (κ3) is 5.83. The molecule has 0 aromatic heterocycles. The van der Waals surface area contributed by atoms with Crippen LogP contribution in [0, 0.1) is 13.8 Å².